The number of hydrogen-bond acceptors (Lipinski definition) is 3. The molecule has 1 N–H and O–H groups in total. The SMILES string of the molecule is CCCCCCNc1nc2c3ccccc3ccc2n1CC(=O)c1ccccc1. The Morgan fingerprint density at radius 3 is 2.55 bits per heavy atom. The molecular weight excluding hydrogens is 358 g/mol. The fraction of sp³-hybridized carbons (Fsp3) is 0.280. The van der Waals surface area contributed by atoms with Crippen molar-refractivity contribution in [2.45, 2.75) is 39.2 Å². The Hall–Kier alpha value is -3.14. The van der Waals surface area contributed by atoms with E-state index in [0.29, 0.717) is 0 Å². The van der Waals surface area contributed by atoms with Crippen LogP contribution in [0.1, 0.15) is 43.0 Å². The molecule has 0 spiro atoms. The van der Waals surface area contributed by atoms with Gasteiger partial charge in [-0.25, -0.2) is 4.98 Å². The van der Waals surface area contributed by atoms with Gasteiger partial charge in [0, 0.05) is 17.5 Å². The van der Waals surface area contributed by atoms with Crippen LogP contribution in [-0.4, -0.2) is 21.9 Å². The predicted octanol–water partition coefficient (Wildman–Crippen LogP) is 6.06. The van der Waals surface area contributed by atoms with Crippen LogP contribution in [0, 0.1) is 0 Å². The smallest absolute Gasteiger partial charge is 0.204 e. The number of aromatic nitrogens is 2. The third-order valence-corrected chi connectivity index (χ3v) is 5.35. The minimum absolute atomic E-state index is 0.0899. The molecule has 29 heavy (non-hydrogen) atoms. The van der Waals surface area contributed by atoms with Crippen molar-refractivity contribution in [3.8, 4) is 0 Å². The molecule has 0 amide bonds. The lowest BCUT2D eigenvalue weighted by molar-refractivity contribution is 0.0974. The molecule has 0 aliphatic heterocycles. The van der Waals surface area contributed by atoms with Gasteiger partial charge in [0.25, 0.3) is 0 Å². The van der Waals surface area contributed by atoms with Gasteiger partial charge in [-0.2, -0.15) is 0 Å². The summed E-state index contributed by atoms with van der Waals surface area (Å²) in [6, 6.07) is 21.9. The lowest BCUT2D eigenvalue weighted by Gasteiger charge is -2.10. The quantitative estimate of drug-likeness (QED) is 0.281. The molecule has 0 aliphatic rings. The molecule has 1 heterocycles. The molecule has 1 aromatic heterocycles. The fourth-order valence-electron chi connectivity index (χ4n) is 3.77. The first-order valence-electron chi connectivity index (χ1n) is 10.5. The van der Waals surface area contributed by atoms with Crippen molar-refractivity contribution < 1.29 is 4.79 Å². The number of carbonyl (C=O) groups is 1. The summed E-state index contributed by atoms with van der Waals surface area (Å²) in [4.78, 5) is 17.8. The molecule has 0 saturated heterocycles. The van der Waals surface area contributed by atoms with Gasteiger partial charge >= 0.3 is 0 Å². The molecule has 3 aromatic carbocycles. The maximum atomic E-state index is 12.9. The third kappa shape index (κ3) is 4.16. The Morgan fingerprint density at radius 1 is 0.931 bits per heavy atom. The number of unbranched alkanes of at least 4 members (excludes halogenated alkanes) is 3. The van der Waals surface area contributed by atoms with Crippen molar-refractivity contribution in [3.05, 3.63) is 72.3 Å². The normalized spacial score (nSPS) is 11.2. The van der Waals surface area contributed by atoms with Gasteiger partial charge < -0.3 is 9.88 Å². The summed E-state index contributed by atoms with van der Waals surface area (Å²) in [7, 11) is 0. The van der Waals surface area contributed by atoms with Crippen molar-refractivity contribution in [2.75, 3.05) is 11.9 Å². The molecule has 0 atom stereocenters. The molecular formula is C25H27N3O. The average Bonchev–Trinajstić information content (AvgIpc) is 3.12. The Balaban J connectivity index is 1.69. The topological polar surface area (TPSA) is 46.9 Å². The first-order chi connectivity index (χ1) is 14.3. The molecule has 0 unspecified atom stereocenters. The van der Waals surface area contributed by atoms with E-state index < -0.39 is 0 Å². The number of carbonyl (C=O) groups excluding carboxylic acids is 1. The second-order valence-electron chi connectivity index (χ2n) is 7.45. The first-order valence-corrected chi connectivity index (χ1v) is 10.5. The lowest BCUT2D eigenvalue weighted by atomic mass is 10.1. The molecule has 4 aromatic rings. The highest BCUT2D eigenvalue weighted by Gasteiger charge is 2.16. The summed E-state index contributed by atoms with van der Waals surface area (Å²) in [5.41, 5.74) is 2.66. The number of imidazole rings is 1. The molecule has 4 nitrogen and oxygen atoms in total. The van der Waals surface area contributed by atoms with Crippen molar-refractivity contribution in [1.82, 2.24) is 9.55 Å². The molecule has 4 heteroatoms. The molecule has 0 saturated carbocycles. The maximum Gasteiger partial charge on any atom is 0.204 e. The van der Waals surface area contributed by atoms with Crippen LogP contribution in [-0.2, 0) is 6.54 Å². The van der Waals surface area contributed by atoms with E-state index in [2.05, 4.69) is 36.5 Å². The van der Waals surface area contributed by atoms with Gasteiger partial charge in [0.1, 0.15) is 0 Å². The van der Waals surface area contributed by atoms with Crippen molar-refractivity contribution >= 4 is 33.5 Å². The first kappa shape index (κ1) is 19.2. The number of Topliss-reactive ketones (excluding diaryl/α,β-unsaturated/α-hetero) is 1. The molecule has 0 fully saturated rings. The van der Waals surface area contributed by atoms with Crippen LogP contribution in [0.4, 0.5) is 5.95 Å². The van der Waals surface area contributed by atoms with E-state index in [1.165, 1.54) is 19.3 Å². The minimum Gasteiger partial charge on any atom is -0.356 e. The Labute approximate surface area is 171 Å². The number of rotatable bonds is 9. The van der Waals surface area contributed by atoms with Crippen LogP contribution in [0.5, 0.6) is 0 Å². The van der Waals surface area contributed by atoms with Gasteiger partial charge in [-0.1, -0.05) is 86.8 Å². The lowest BCUT2D eigenvalue weighted by Crippen LogP contribution is -2.14. The van der Waals surface area contributed by atoms with Crippen LogP contribution in [0.3, 0.4) is 0 Å². The third-order valence-electron chi connectivity index (χ3n) is 5.35. The highest BCUT2D eigenvalue weighted by atomic mass is 16.1. The zero-order valence-corrected chi connectivity index (χ0v) is 16.9. The summed E-state index contributed by atoms with van der Waals surface area (Å²) in [6.07, 6.45) is 4.77. The van der Waals surface area contributed by atoms with Crippen LogP contribution < -0.4 is 5.32 Å². The molecule has 148 valence electrons. The van der Waals surface area contributed by atoms with E-state index in [1.807, 2.05) is 47.0 Å². The van der Waals surface area contributed by atoms with E-state index >= 15 is 0 Å². The number of nitrogens with one attached hydrogen (secondary N) is 1. The van der Waals surface area contributed by atoms with Crippen molar-refractivity contribution in [2.24, 2.45) is 0 Å². The van der Waals surface area contributed by atoms with Crippen LogP contribution in [0.15, 0.2) is 66.7 Å². The van der Waals surface area contributed by atoms with Gasteiger partial charge in [-0.15, -0.1) is 0 Å². The van der Waals surface area contributed by atoms with Crippen molar-refractivity contribution in [3.63, 3.8) is 0 Å². The summed E-state index contributed by atoms with van der Waals surface area (Å²) in [5, 5.41) is 5.76. The molecule has 0 radical (unpaired) electrons. The number of nitrogens with zero attached hydrogens (tertiary/aromatic N) is 2. The summed E-state index contributed by atoms with van der Waals surface area (Å²) in [5.74, 6) is 0.865. The predicted molar refractivity (Wildman–Crippen MR) is 121 cm³/mol. The maximum absolute atomic E-state index is 12.9. The van der Waals surface area contributed by atoms with E-state index in [-0.39, 0.29) is 12.3 Å². The zero-order valence-electron chi connectivity index (χ0n) is 16.9. The van der Waals surface area contributed by atoms with Crippen LogP contribution in [0.2, 0.25) is 0 Å². The highest BCUT2D eigenvalue weighted by Crippen LogP contribution is 2.28. The van der Waals surface area contributed by atoms with Gasteiger partial charge in [-0.3, -0.25) is 4.79 Å². The molecule has 0 bridgehead atoms. The van der Waals surface area contributed by atoms with Gasteiger partial charge in [0.05, 0.1) is 17.6 Å². The van der Waals surface area contributed by atoms with E-state index in [4.69, 9.17) is 4.98 Å². The monoisotopic (exact) mass is 385 g/mol. The largest absolute Gasteiger partial charge is 0.356 e. The fourth-order valence-corrected chi connectivity index (χ4v) is 3.77. The summed E-state index contributed by atoms with van der Waals surface area (Å²) in [6.45, 7) is 3.35. The van der Waals surface area contributed by atoms with Gasteiger partial charge in [-0.05, 0) is 17.9 Å². The minimum atomic E-state index is 0.0899. The average molecular weight is 386 g/mol. The number of hydrogen-bond donors (Lipinski definition) is 1. The van der Waals surface area contributed by atoms with E-state index in [9.17, 15) is 4.79 Å². The van der Waals surface area contributed by atoms with Gasteiger partial charge in [0.2, 0.25) is 5.95 Å². The number of benzene rings is 3. The van der Waals surface area contributed by atoms with Crippen LogP contribution >= 0.6 is 0 Å². The standard InChI is InChI=1S/C25H27N3O/c1-2-3-4-10-17-26-25-27-24-21-14-9-8-11-19(21)15-16-22(24)28(25)18-23(29)20-12-6-5-7-13-20/h5-9,11-16H,2-4,10,17-18H2,1H3,(H,26,27). The summed E-state index contributed by atoms with van der Waals surface area (Å²) >= 11 is 0. The highest BCUT2D eigenvalue weighted by molar-refractivity contribution is 6.06. The Bertz CT molecular complexity index is 1120. The number of fused-ring (bicyclic) bond motifs is 3. The van der Waals surface area contributed by atoms with Crippen LogP contribution in [0.25, 0.3) is 21.8 Å². The number of ketones is 1. The number of anilines is 1. The second kappa shape index (κ2) is 8.91. The van der Waals surface area contributed by atoms with E-state index in [1.54, 1.807) is 0 Å². The van der Waals surface area contributed by atoms with Gasteiger partial charge in [0.15, 0.2) is 5.78 Å². The Morgan fingerprint density at radius 2 is 1.72 bits per heavy atom. The zero-order chi connectivity index (χ0) is 20.1. The molecule has 4 rings (SSSR count). The van der Waals surface area contributed by atoms with Crippen molar-refractivity contribution in [1.29, 1.82) is 0 Å². The molecule has 0 aliphatic carbocycles. The second-order valence-corrected chi connectivity index (χ2v) is 7.45. The Kier molecular flexibility index (Phi) is 5.89. The summed E-state index contributed by atoms with van der Waals surface area (Å²) < 4.78 is 2.02. The van der Waals surface area contributed by atoms with E-state index in [0.717, 1.165) is 46.3 Å².